The third-order valence-corrected chi connectivity index (χ3v) is 6.94. The first-order valence-corrected chi connectivity index (χ1v) is 12.3. The fourth-order valence-electron chi connectivity index (χ4n) is 4.94. The average molecular weight is 500 g/mol. The molecule has 0 spiro atoms. The predicted octanol–water partition coefficient (Wildman–Crippen LogP) is 5.22. The van der Waals surface area contributed by atoms with Gasteiger partial charge < -0.3 is 19.3 Å². The summed E-state index contributed by atoms with van der Waals surface area (Å²) in [6, 6.07) is 17.3. The lowest BCUT2D eigenvalue weighted by atomic mass is 9.93. The van der Waals surface area contributed by atoms with Crippen LogP contribution in [0.15, 0.2) is 66.2 Å². The molecule has 1 N–H and O–H groups in total. The zero-order chi connectivity index (χ0) is 26.1. The number of anilines is 1. The lowest BCUT2D eigenvalue weighted by Gasteiger charge is -2.26. The molecule has 7 nitrogen and oxygen atoms in total. The number of nitrogens with zero attached hydrogens (tertiary/aromatic N) is 1. The van der Waals surface area contributed by atoms with Gasteiger partial charge >= 0.3 is 0 Å². The number of ether oxygens (including phenoxy) is 3. The minimum atomic E-state index is -0.838. The Morgan fingerprint density at radius 2 is 1.70 bits per heavy atom. The Labute approximate surface area is 215 Å². The second-order valence-electron chi connectivity index (χ2n) is 9.11. The first-order chi connectivity index (χ1) is 17.9. The van der Waals surface area contributed by atoms with Gasteiger partial charge in [-0.3, -0.25) is 14.5 Å². The van der Waals surface area contributed by atoms with Gasteiger partial charge in [0, 0.05) is 23.8 Å². The van der Waals surface area contributed by atoms with Crippen molar-refractivity contribution in [3.63, 3.8) is 0 Å². The summed E-state index contributed by atoms with van der Waals surface area (Å²) in [5, 5.41) is 11.5. The first-order valence-electron chi connectivity index (χ1n) is 12.3. The van der Waals surface area contributed by atoms with Crippen LogP contribution < -0.4 is 19.1 Å². The van der Waals surface area contributed by atoms with Crippen molar-refractivity contribution in [2.75, 3.05) is 25.7 Å². The largest absolute Gasteiger partial charge is 0.507 e. The third kappa shape index (κ3) is 4.42. The van der Waals surface area contributed by atoms with Crippen molar-refractivity contribution in [3.8, 4) is 17.2 Å². The number of ketones is 1. The number of benzene rings is 3. The van der Waals surface area contributed by atoms with Gasteiger partial charge in [0.1, 0.15) is 23.0 Å². The minimum Gasteiger partial charge on any atom is -0.507 e. The molecule has 0 bridgehead atoms. The average Bonchev–Trinajstić information content (AvgIpc) is 3.21. The van der Waals surface area contributed by atoms with Gasteiger partial charge in [-0.1, -0.05) is 31.2 Å². The van der Waals surface area contributed by atoms with E-state index in [0.29, 0.717) is 34.9 Å². The van der Waals surface area contributed by atoms with Crippen molar-refractivity contribution in [3.05, 3.63) is 88.5 Å². The van der Waals surface area contributed by atoms with Crippen LogP contribution in [0.5, 0.6) is 17.2 Å². The molecule has 3 aromatic rings. The van der Waals surface area contributed by atoms with Crippen molar-refractivity contribution in [1.82, 2.24) is 0 Å². The summed E-state index contributed by atoms with van der Waals surface area (Å²) >= 11 is 0. The van der Waals surface area contributed by atoms with Gasteiger partial charge in [0.15, 0.2) is 0 Å². The summed E-state index contributed by atoms with van der Waals surface area (Å²) in [6.07, 6.45) is 2.55. The van der Waals surface area contributed by atoms with E-state index in [0.717, 1.165) is 36.1 Å². The van der Waals surface area contributed by atoms with E-state index in [1.54, 1.807) is 30.3 Å². The number of aliphatic hydroxyl groups is 1. The molecule has 1 unspecified atom stereocenters. The molecule has 2 aliphatic heterocycles. The highest BCUT2D eigenvalue weighted by molar-refractivity contribution is 6.51. The lowest BCUT2D eigenvalue weighted by Crippen LogP contribution is -2.29. The first kappa shape index (κ1) is 24.4. The van der Waals surface area contributed by atoms with Crippen LogP contribution >= 0.6 is 0 Å². The Balaban J connectivity index is 1.70. The van der Waals surface area contributed by atoms with Crippen molar-refractivity contribution < 1.29 is 28.9 Å². The van der Waals surface area contributed by atoms with Crippen LogP contribution in [0.1, 0.15) is 41.6 Å². The summed E-state index contributed by atoms with van der Waals surface area (Å²) in [6.45, 7) is 2.71. The number of aliphatic hydroxyl groups excluding tert-OH is 1. The van der Waals surface area contributed by atoms with Crippen LogP contribution in [0.2, 0.25) is 0 Å². The molecule has 2 aliphatic rings. The number of rotatable bonds is 6. The molecule has 1 fully saturated rings. The zero-order valence-corrected chi connectivity index (χ0v) is 21.1. The van der Waals surface area contributed by atoms with Crippen LogP contribution in [-0.4, -0.2) is 37.6 Å². The van der Waals surface area contributed by atoms with Crippen molar-refractivity contribution in [1.29, 1.82) is 0 Å². The molecule has 0 aliphatic carbocycles. The second kappa shape index (κ2) is 10.0. The Bertz CT molecular complexity index is 1370. The highest BCUT2D eigenvalue weighted by Gasteiger charge is 2.47. The Kier molecular flexibility index (Phi) is 6.61. The number of hydrogen-bond acceptors (Lipinski definition) is 6. The van der Waals surface area contributed by atoms with Crippen LogP contribution in [-0.2, 0) is 22.4 Å². The lowest BCUT2D eigenvalue weighted by molar-refractivity contribution is -0.132. The standard InChI is InChI=1S/C30H29NO6/c1-4-18-7-9-19(10-8-18)27-26(28(32)21-11-12-25-20(14-21)6-5-13-37-25)29(33)30(34)31(27)22-15-23(35-2)17-24(16-22)36-3/h7-12,14-17,27,32H,4-6,13H2,1-3H3/b28-26-. The summed E-state index contributed by atoms with van der Waals surface area (Å²) in [5.74, 6) is 0.0321. The normalized spacial score (nSPS) is 18.4. The van der Waals surface area contributed by atoms with Crippen molar-refractivity contribution in [2.45, 2.75) is 32.2 Å². The maximum atomic E-state index is 13.5. The molecule has 190 valence electrons. The SMILES string of the molecule is CCc1ccc(C2/C(=C(/O)c3ccc4c(c3)CCCO4)C(=O)C(=O)N2c2cc(OC)cc(OC)c2)cc1. The summed E-state index contributed by atoms with van der Waals surface area (Å²) in [4.78, 5) is 28.4. The molecule has 2 heterocycles. The van der Waals surface area contributed by atoms with Crippen LogP contribution in [0.25, 0.3) is 5.76 Å². The number of carbonyl (C=O) groups excluding carboxylic acids is 2. The quantitative estimate of drug-likeness (QED) is 0.284. The third-order valence-electron chi connectivity index (χ3n) is 6.94. The highest BCUT2D eigenvalue weighted by Crippen LogP contribution is 2.44. The van der Waals surface area contributed by atoms with Crippen LogP contribution in [0.4, 0.5) is 5.69 Å². The van der Waals surface area contributed by atoms with E-state index in [2.05, 4.69) is 6.92 Å². The monoisotopic (exact) mass is 499 g/mol. The number of amides is 1. The molecular weight excluding hydrogens is 470 g/mol. The molecule has 37 heavy (non-hydrogen) atoms. The molecule has 1 atom stereocenters. The van der Waals surface area contributed by atoms with Crippen molar-refractivity contribution >= 4 is 23.1 Å². The Morgan fingerprint density at radius 3 is 2.35 bits per heavy atom. The molecule has 0 saturated carbocycles. The summed E-state index contributed by atoms with van der Waals surface area (Å²) < 4.78 is 16.5. The smallest absolute Gasteiger partial charge is 0.300 e. The topological polar surface area (TPSA) is 85.3 Å². The van der Waals surface area contributed by atoms with E-state index >= 15 is 0 Å². The number of hydrogen-bond donors (Lipinski definition) is 1. The van der Waals surface area contributed by atoms with Gasteiger partial charge in [0.05, 0.1) is 38.1 Å². The van der Waals surface area contributed by atoms with E-state index in [9.17, 15) is 14.7 Å². The van der Waals surface area contributed by atoms with Gasteiger partial charge in [-0.25, -0.2) is 0 Å². The van der Waals surface area contributed by atoms with Gasteiger partial charge in [-0.2, -0.15) is 0 Å². The van der Waals surface area contributed by atoms with Gasteiger partial charge in [0.2, 0.25) is 0 Å². The van der Waals surface area contributed by atoms with Crippen LogP contribution in [0, 0.1) is 0 Å². The molecule has 3 aromatic carbocycles. The maximum absolute atomic E-state index is 13.5. The molecule has 1 saturated heterocycles. The fourth-order valence-corrected chi connectivity index (χ4v) is 4.94. The van der Waals surface area contributed by atoms with E-state index in [4.69, 9.17) is 14.2 Å². The van der Waals surface area contributed by atoms with Gasteiger partial charge in [-0.05, 0) is 54.2 Å². The zero-order valence-electron chi connectivity index (χ0n) is 21.1. The fraction of sp³-hybridized carbons (Fsp3) is 0.267. The predicted molar refractivity (Wildman–Crippen MR) is 140 cm³/mol. The molecule has 7 heteroatoms. The number of fused-ring (bicyclic) bond motifs is 1. The van der Waals surface area contributed by atoms with Gasteiger partial charge in [0.25, 0.3) is 11.7 Å². The molecule has 5 rings (SSSR count). The number of methoxy groups -OCH3 is 2. The van der Waals surface area contributed by atoms with E-state index in [1.165, 1.54) is 19.1 Å². The Hall–Kier alpha value is -4.26. The maximum Gasteiger partial charge on any atom is 0.300 e. The number of Topliss-reactive ketones (excluding diaryl/α,β-unsaturated/α-hetero) is 1. The van der Waals surface area contributed by atoms with Gasteiger partial charge in [-0.15, -0.1) is 0 Å². The van der Waals surface area contributed by atoms with E-state index < -0.39 is 17.7 Å². The molecule has 0 radical (unpaired) electrons. The minimum absolute atomic E-state index is 0.0349. The Morgan fingerprint density at radius 1 is 1.00 bits per heavy atom. The van der Waals surface area contributed by atoms with E-state index in [1.807, 2.05) is 30.3 Å². The van der Waals surface area contributed by atoms with E-state index in [-0.39, 0.29) is 11.3 Å². The molecule has 0 aromatic heterocycles. The van der Waals surface area contributed by atoms with Crippen molar-refractivity contribution in [2.24, 2.45) is 0 Å². The molecule has 1 amide bonds. The molecular formula is C30H29NO6. The number of aryl methyl sites for hydroxylation is 2. The summed E-state index contributed by atoms with van der Waals surface area (Å²) in [7, 11) is 3.04. The number of carbonyl (C=O) groups is 2. The second-order valence-corrected chi connectivity index (χ2v) is 9.11. The highest BCUT2D eigenvalue weighted by atomic mass is 16.5. The summed E-state index contributed by atoms with van der Waals surface area (Å²) in [5.41, 5.74) is 3.74. The van der Waals surface area contributed by atoms with Crippen LogP contribution in [0.3, 0.4) is 0 Å².